The second kappa shape index (κ2) is 6.66. The Morgan fingerprint density at radius 2 is 2.21 bits per heavy atom. The van der Waals surface area contributed by atoms with Crippen molar-refractivity contribution < 1.29 is 13.9 Å². The van der Waals surface area contributed by atoms with E-state index >= 15 is 4.39 Å². The molecule has 3 aliphatic rings. The Hall–Kier alpha value is -2.74. The molecule has 0 unspecified atom stereocenters. The Kier molecular flexibility index (Phi) is 4.20. The lowest BCUT2D eigenvalue weighted by atomic mass is 10.1. The van der Waals surface area contributed by atoms with Gasteiger partial charge in [0.15, 0.2) is 5.82 Å². The predicted molar refractivity (Wildman–Crippen MR) is 107 cm³/mol. The molecule has 0 bridgehead atoms. The molecular weight excluding hydrogens is 375 g/mol. The molecule has 0 aromatic carbocycles. The second-order valence-corrected chi connectivity index (χ2v) is 8.04. The fourth-order valence-corrected chi connectivity index (χ4v) is 4.58. The zero-order valence-corrected chi connectivity index (χ0v) is 16.2. The molecule has 5 rings (SSSR count). The molecule has 0 radical (unpaired) electrons. The number of anilines is 1. The van der Waals surface area contributed by atoms with Gasteiger partial charge in [-0.05, 0) is 32.6 Å². The van der Waals surface area contributed by atoms with E-state index in [0.717, 1.165) is 25.7 Å². The SMILES string of the molecule is CCOC(=O)c1nc(C2CC2)c2c3c(c(F)cn2c1=O)N1C[C@@H](N)C[C@H]1CC=C3. The standard InChI is InChI=1S/C21H23FN4O3/c1-2-29-21(28)17-20(27)26-10-15(22)18-14(19(26)16(24-17)11-6-7-11)5-3-4-13-8-12(23)9-25(13)18/h3,5,10-13H,2,4,6-9,23H2,1H3/t12-,13+/m0/s1. The van der Waals surface area contributed by atoms with Crippen molar-refractivity contribution in [1.29, 1.82) is 0 Å². The van der Waals surface area contributed by atoms with E-state index in [1.807, 2.05) is 17.1 Å². The lowest BCUT2D eigenvalue weighted by Gasteiger charge is -2.27. The van der Waals surface area contributed by atoms with Crippen LogP contribution in [0.4, 0.5) is 10.1 Å². The average molecular weight is 398 g/mol. The highest BCUT2D eigenvalue weighted by atomic mass is 19.1. The first-order valence-electron chi connectivity index (χ1n) is 10.1. The topological polar surface area (TPSA) is 89.9 Å². The maximum absolute atomic E-state index is 15.3. The summed E-state index contributed by atoms with van der Waals surface area (Å²) in [5.74, 6) is -1.12. The molecule has 1 saturated heterocycles. The zero-order valence-electron chi connectivity index (χ0n) is 16.2. The number of fused-ring (bicyclic) bond motifs is 5. The number of nitrogens with two attached hydrogens (primary N) is 1. The molecule has 2 fully saturated rings. The lowest BCUT2D eigenvalue weighted by Crippen LogP contribution is -2.33. The number of hydrogen-bond acceptors (Lipinski definition) is 6. The van der Waals surface area contributed by atoms with E-state index in [0.29, 0.717) is 29.0 Å². The summed E-state index contributed by atoms with van der Waals surface area (Å²) >= 11 is 0. The number of nitrogens with zero attached hydrogens (tertiary/aromatic N) is 3. The van der Waals surface area contributed by atoms with Crippen LogP contribution in [0.5, 0.6) is 0 Å². The van der Waals surface area contributed by atoms with Crippen LogP contribution >= 0.6 is 0 Å². The highest BCUT2D eigenvalue weighted by molar-refractivity contribution is 5.89. The summed E-state index contributed by atoms with van der Waals surface area (Å²) < 4.78 is 21.6. The highest BCUT2D eigenvalue weighted by Gasteiger charge is 2.37. The van der Waals surface area contributed by atoms with Crippen LogP contribution in [0.2, 0.25) is 0 Å². The smallest absolute Gasteiger partial charge is 0.362 e. The van der Waals surface area contributed by atoms with Gasteiger partial charge in [-0.15, -0.1) is 0 Å². The molecule has 1 saturated carbocycles. The fraction of sp³-hybridized carbons (Fsp3) is 0.476. The maximum atomic E-state index is 15.3. The number of pyridine rings is 1. The minimum absolute atomic E-state index is 0.00983. The first kappa shape index (κ1) is 18.3. The van der Waals surface area contributed by atoms with E-state index in [1.165, 1.54) is 10.6 Å². The number of halogens is 1. The zero-order chi connectivity index (χ0) is 20.3. The summed E-state index contributed by atoms with van der Waals surface area (Å²) in [5, 5.41) is 0. The molecule has 29 heavy (non-hydrogen) atoms. The van der Waals surface area contributed by atoms with Gasteiger partial charge in [0.1, 0.15) is 0 Å². The van der Waals surface area contributed by atoms with E-state index in [1.54, 1.807) is 6.92 Å². The number of rotatable bonds is 3. The third kappa shape index (κ3) is 2.85. The van der Waals surface area contributed by atoms with E-state index in [2.05, 4.69) is 4.98 Å². The van der Waals surface area contributed by atoms with Gasteiger partial charge < -0.3 is 15.4 Å². The molecule has 2 atom stereocenters. The summed E-state index contributed by atoms with van der Waals surface area (Å²) in [6, 6.07) is 0.131. The van der Waals surface area contributed by atoms with E-state index in [4.69, 9.17) is 10.5 Å². The number of esters is 1. The average Bonchev–Trinajstić information content (AvgIpc) is 3.47. The maximum Gasteiger partial charge on any atom is 0.362 e. The third-order valence-corrected chi connectivity index (χ3v) is 5.98. The van der Waals surface area contributed by atoms with Crippen molar-refractivity contribution in [2.45, 2.75) is 50.6 Å². The van der Waals surface area contributed by atoms with E-state index < -0.39 is 17.3 Å². The Balaban J connectivity index is 1.82. The number of aromatic nitrogens is 2. The van der Waals surface area contributed by atoms with Crippen molar-refractivity contribution >= 4 is 23.2 Å². The summed E-state index contributed by atoms with van der Waals surface area (Å²) in [4.78, 5) is 31.8. The summed E-state index contributed by atoms with van der Waals surface area (Å²) in [6.45, 7) is 2.38. The van der Waals surface area contributed by atoms with Gasteiger partial charge in [-0.2, -0.15) is 0 Å². The molecule has 152 valence electrons. The molecule has 2 aromatic heterocycles. The van der Waals surface area contributed by atoms with Crippen LogP contribution in [0.1, 0.15) is 60.3 Å². The Labute approximate surface area is 167 Å². The van der Waals surface area contributed by atoms with Gasteiger partial charge in [0.05, 0.1) is 29.7 Å². The van der Waals surface area contributed by atoms with Crippen LogP contribution < -0.4 is 16.2 Å². The minimum Gasteiger partial charge on any atom is -0.461 e. The molecule has 7 nitrogen and oxygen atoms in total. The Bertz CT molecular complexity index is 1110. The van der Waals surface area contributed by atoms with Crippen LogP contribution in [0.15, 0.2) is 17.1 Å². The largest absolute Gasteiger partial charge is 0.461 e. The monoisotopic (exact) mass is 398 g/mol. The van der Waals surface area contributed by atoms with E-state index in [-0.39, 0.29) is 30.3 Å². The third-order valence-electron chi connectivity index (χ3n) is 5.98. The minimum atomic E-state index is -0.773. The van der Waals surface area contributed by atoms with Gasteiger partial charge in [0, 0.05) is 30.1 Å². The molecule has 8 heteroatoms. The molecule has 4 heterocycles. The van der Waals surface area contributed by atoms with Gasteiger partial charge in [-0.25, -0.2) is 14.2 Å². The van der Waals surface area contributed by atoms with Gasteiger partial charge in [-0.1, -0.05) is 12.2 Å². The molecule has 1 aliphatic carbocycles. The highest BCUT2D eigenvalue weighted by Crippen LogP contribution is 2.44. The number of carbonyl (C=O) groups is 1. The van der Waals surface area contributed by atoms with Crippen molar-refractivity contribution in [2.75, 3.05) is 18.1 Å². The van der Waals surface area contributed by atoms with E-state index in [9.17, 15) is 9.59 Å². The first-order chi connectivity index (χ1) is 14.0. The van der Waals surface area contributed by atoms with Crippen LogP contribution in [-0.4, -0.2) is 40.6 Å². The second-order valence-electron chi connectivity index (χ2n) is 8.04. The van der Waals surface area contributed by atoms with Crippen molar-refractivity contribution in [3.05, 3.63) is 45.4 Å². The fourth-order valence-electron chi connectivity index (χ4n) is 4.58. The van der Waals surface area contributed by atoms with Gasteiger partial charge in [0.2, 0.25) is 5.69 Å². The predicted octanol–water partition coefficient (Wildman–Crippen LogP) is 2.21. The van der Waals surface area contributed by atoms with Crippen molar-refractivity contribution in [3.63, 3.8) is 0 Å². The van der Waals surface area contributed by atoms with Gasteiger partial charge in [-0.3, -0.25) is 9.20 Å². The van der Waals surface area contributed by atoms with Crippen LogP contribution in [-0.2, 0) is 4.74 Å². The van der Waals surface area contributed by atoms with Crippen LogP contribution in [0, 0.1) is 5.82 Å². The summed E-state index contributed by atoms with van der Waals surface area (Å²) in [6.07, 6.45) is 8.51. The molecule has 0 spiro atoms. The van der Waals surface area contributed by atoms with Gasteiger partial charge >= 0.3 is 5.97 Å². The summed E-state index contributed by atoms with van der Waals surface area (Å²) in [7, 11) is 0. The van der Waals surface area contributed by atoms with Crippen LogP contribution in [0.25, 0.3) is 11.6 Å². The Morgan fingerprint density at radius 3 is 2.93 bits per heavy atom. The van der Waals surface area contributed by atoms with Crippen LogP contribution in [0.3, 0.4) is 0 Å². The lowest BCUT2D eigenvalue weighted by molar-refractivity contribution is 0.0516. The normalized spacial score (nSPS) is 23.1. The van der Waals surface area contributed by atoms with Crippen molar-refractivity contribution in [1.82, 2.24) is 9.38 Å². The molecule has 2 N–H and O–H groups in total. The number of carbonyl (C=O) groups excluding carboxylic acids is 1. The molecule has 2 aliphatic heterocycles. The van der Waals surface area contributed by atoms with Gasteiger partial charge in [0.25, 0.3) is 5.56 Å². The number of hydrogen-bond donors (Lipinski definition) is 1. The molecule has 0 amide bonds. The number of ether oxygens (including phenoxy) is 1. The van der Waals surface area contributed by atoms with Crippen molar-refractivity contribution in [3.8, 4) is 0 Å². The first-order valence-corrected chi connectivity index (χ1v) is 10.1. The van der Waals surface area contributed by atoms with Crippen molar-refractivity contribution in [2.24, 2.45) is 5.73 Å². The molecular formula is C21H23FN4O3. The Morgan fingerprint density at radius 1 is 1.41 bits per heavy atom. The summed E-state index contributed by atoms with van der Waals surface area (Å²) in [5.41, 5.74) is 7.57. The molecule has 2 aromatic rings. The quantitative estimate of drug-likeness (QED) is 0.798.